The minimum Gasteiger partial charge on any atom is -0.354 e. The number of piperazine rings is 1. The molecule has 1 fully saturated rings. The molecule has 2 aromatic rings. The standard InChI is InChI=1S/C20H29Cl2N7/c1-4-28-7-9-29(10-8-28)18-6-5-15(12-24-18)13-25-20(23-2)26-14-16-11-17(21)19(22)27(16)3/h5-6,11-12H,4,7-10,13-14H2,1-3H3,(H2,23,25,26). The number of aliphatic imine (C=N–C) groups is 1. The van der Waals surface area contributed by atoms with E-state index >= 15 is 0 Å². The van der Waals surface area contributed by atoms with Gasteiger partial charge >= 0.3 is 0 Å². The topological polar surface area (TPSA) is 60.7 Å². The third kappa shape index (κ3) is 5.56. The van der Waals surface area contributed by atoms with E-state index in [0.717, 1.165) is 49.8 Å². The lowest BCUT2D eigenvalue weighted by molar-refractivity contribution is 0.270. The van der Waals surface area contributed by atoms with Crippen LogP contribution in [0.2, 0.25) is 10.2 Å². The quantitative estimate of drug-likeness (QED) is 0.537. The Balaban J connectivity index is 1.49. The van der Waals surface area contributed by atoms with Crippen molar-refractivity contribution in [1.82, 2.24) is 25.1 Å². The van der Waals surface area contributed by atoms with Crippen LogP contribution in [-0.2, 0) is 20.1 Å². The fourth-order valence-electron chi connectivity index (χ4n) is 3.34. The van der Waals surface area contributed by atoms with Gasteiger partial charge in [-0.2, -0.15) is 0 Å². The molecule has 0 spiro atoms. The number of nitrogens with one attached hydrogen (secondary N) is 2. The van der Waals surface area contributed by atoms with Crippen LogP contribution in [0.5, 0.6) is 0 Å². The van der Waals surface area contributed by atoms with E-state index in [-0.39, 0.29) is 0 Å². The summed E-state index contributed by atoms with van der Waals surface area (Å²) in [4.78, 5) is 13.7. The van der Waals surface area contributed by atoms with Crippen LogP contribution in [0.25, 0.3) is 0 Å². The Morgan fingerprint density at radius 3 is 2.41 bits per heavy atom. The van der Waals surface area contributed by atoms with Gasteiger partial charge in [-0.3, -0.25) is 4.99 Å². The molecule has 2 N–H and O–H groups in total. The maximum atomic E-state index is 6.12. The first kappa shape index (κ1) is 21.7. The minimum atomic E-state index is 0.536. The number of likely N-dealkylation sites (N-methyl/N-ethyl adjacent to an activating group) is 1. The van der Waals surface area contributed by atoms with Crippen molar-refractivity contribution in [3.63, 3.8) is 0 Å². The zero-order chi connectivity index (χ0) is 20.8. The number of nitrogens with zero attached hydrogens (tertiary/aromatic N) is 5. The predicted octanol–water partition coefficient (Wildman–Crippen LogP) is 2.73. The van der Waals surface area contributed by atoms with Crippen LogP contribution >= 0.6 is 23.2 Å². The number of halogens is 2. The Morgan fingerprint density at radius 1 is 1.14 bits per heavy atom. The SMILES string of the molecule is CCN1CCN(c2ccc(CNC(=NC)NCc3cc(Cl)c(Cl)n3C)cn2)CC1. The smallest absolute Gasteiger partial charge is 0.191 e. The minimum absolute atomic E-state index is 0.536. The molecule has 0 amide bonds. The van der Waals surface area contributed by atoms with E-state index in [4.69, 9.17) is 23.2 Å². The van der Waals surface area contributed by atoms with Gasteiger partial charge in [0.25, 0.3) is 0 Å². The van der Waals surface area contributed by atoms with Gasteiger partial charge < -0.3 is 25.0 Å². The average molecular weight is 438 g/mol. The fourth-order valence-corrected chi connectivity index (χ4v) is 3.76. The lowest BCUT2D eigenvalue weighted by Crippen LogP contribution is -2.46. The van der Waals surface area contributed by atoms with Crippen LogP contribution in [-0.4, -0.2) is 60.2 Å². The van der Waals surface area contributed by atoms with Crippen molar-refractivity contribution >= 4 is 35.0 Å². The monoisotopic (exact) mass is 437 g/mol. The lowest BCUT2D eigenvalue weighted by Gasteiger charge is -2.34. The van der Waals surface area contributed by atoms with Crippen molar-refractivity contribution in [2.24, 2.45) is 12.0 Å². The van der Waals surface area contributed by atoms with Crippen molar-refractivity contribution in [3.8, 4) is 0 Å². The summed E-state index contributed by atoms with van der Waals surface area (Å²) in [5.74, 6) is 1.75. The maximum Gasteiger partial charge on any atom is 0.191 e. The number of guanidine groups is 1. The molecule has 158 valence electrons. The van der Waals surface area contributed by atoms with Crippen LogP contribution in [0.1, 0.15) is 18.2 Å². The summed E-state index contributed by atoms with van der Waals surface area (Å²) in [6, 6.07) is 6.07. The molecule has 0 saturated carbocycles. The number of rotatable bonds is 6. The highest BCUT2D eigenvalue weighted by Crippen LogP contribution is 2.24. The molecule has 2 aromatic heterocycles. The number of aromatic nitrogens is 2. The molecule has 1 saturated heterocycles. The molecule has 1 aliphatic heterocycles. The molecule has 0 radical (unpaired) electrons. The number of hydrogen-bond acceptors (Lipinski definition) is 4. The molecular weight excluding hydrogens is 409 g/mol. The summed E-state index contributed by atoms with van der Waals surface area (Å²) < 4.78 is 1.85. The summed E-state index contributed by atoms with van der Waals surface area (Å²) in [5.41, 5.74) is 2.09. The van der Waals surface area contributed by atoms with Crippen molar-refractivity contribution in [3.05, 3.63) is 45.8 Å². The van der Waals surface area contributed by atoms with Crippen molar-refractivity contribution < 1.29 is 0 Å². The average Bonchev–Trinajstić information content (AvgIpc) is 3.01. The number of anilines is 1. The third-order valence-corrected chi connectivity index (χ3v) is 6.13. The molecule has 0 aliphatic carbocycles. The predicted molar refractivity (Wildman–Crippen MR) is 121 cm³/mol. The van der Waals surface area contributed by atoms with E-state index in [0.29, 0.717) is 29.2 Å². The van der Waals surface area contributed by atoms with Gasteiger partial charge in [-0.25, -0.2) is 4.98 Å². The van der Waals surface area contributed by atoms with Crippen molar-refractivity contribution in [2.45, 2.75) is 20.0 Å². The summed E-state index contributed by atoms with van der Waals surface area (Å²) in [6.07, 6.45) is 1.93. The van der Waals surface area contributed by atoms with Gasteiger partial charge in [0.1, 0.15) is 11.0 Å². The van der Waals surface area contributed by atoms with E-state index in [1.54, 1.807) is 7.05 Å². The van der Waals surface area contributed by atoms with Crippen LogP contribution in [0.3, 0.4) is 0 Å². The normalized spacial score (nSPS) is 15.6. The molecule has 3 heterocycles. The summed E-state index contributed by atoms with van der Waals surface area (Å²) in [5, 5.41) is 7.68. The van der Waals surface area contributed by atoms with Gasteiger partial charge in [0, 0.05) is 58.7 Å². The highest BCUT2D eigenvalue weighted by atomic mass is 35.5. The second-order valence-electron chi connectivity index (χ2n) is 7.06. The van der Waals surface area contributed by atoms with Crippen LogP contribution in [0, 0.1) is 0 Å². The first-order valence-electron chi connectivity index (χ1n) is 9.88. The van der Waals surface area contributed by atoms with E-state index in [1.165, 1.54) is 0 Å². The Labute approximate surface area is 182 Å². The summed E-state index contributed by atoms with van der Waals surface area (Å²) >= 11 is 12.2. The first-order valence-corrected chi connectivity index (χ1v) is 10.6. The summed E-state index contributed by atoms with van der Waals surface area (Å²) in [7, 11) is 3.63. The van der Waals surface area contributed by atoms with Crippen LogP contribution in [0.4, 0.5) is 5.82 Å². The lowest BCUT2D eigenvalue weighted by atomic mass is 10.2. The Hall–Kier alpha value is -1.96. The Kier molecular flexibility index (Phi) is 7.64. The Bertz CT molecular complexity index is 824. The molecule has 1 aliphatic rings. The van der Waals surface area contributed by atoms with Gasteiger partial charge in [-0.1, -0.05) is 36.2 Å². The second kappa shape index (κ2) is 10.2. The van der Waals surface area contributed by atoms with Crippen molar-refractivity contribution in [1.29, 1.82) is 0 Å². The highest BCUT2D eigenvalue weighted by molar-refractivity contribution is 6.41. The summed E-state index contributed by atoms with van der Waals surface area (Å²) in [6.45, 7) is 8.80. The van der Waals surface area contributed by atoms with E-state index in [1.807, 2.05) is 23.9 Å². The largest absolute Gasteiger partial charge is 0.354 e. The van der Waals surface area contributed by atoms with Gasteiger partial charge in [0.2, 0.25) is 0 Å². The molecule has 9 heteroatoms. The van der Waals surface area contributed by atoms with Crippen LogP contribution in [0.15, 0.2) is 29.4 Å². The third-order valence-electron chi connectivity index (χ3n) is 5.29. The highest BCUT2D eigenvalue weighted by Gasteiger charge is 2.16. The second-order valence-corrected chi connectivity index (χ2v) is 7.82. The zero-order valence-electron chi connectivity index (χ0n) is 17.3. The zero-order valence-corrected chi connectivity index (χ0v) is 18.8. The van der Waals surface area contributed by atoms with Gasteiger partial charge in [-0.05, 0) is 24.2 Å². The van der Waals surface area contributed by atoms with Gasteiger partial charge in [0.15, 0.2) is 5.96 Å². The fraction of sp³-hybridized carbons (Fsp3) is 0.500. The number of hydrogen-bond donors (Lipinski definition) is 2. The molecular formula is C20H29Cl2N7. The molecule has 0 bridgehead atoms. The molecule has 0 unspecified atom stereocenters. The van der Waals surface area contributed by atoms with Gasteiger partial charge in [0.05, 0.1) is 11.6 Å². The first-order chi connectivity index (χ1) is 14.0. The molecule has 0 aromatic carbocycles. The molecule has 7 nitrogen and oxygen atoms in total. The number of pyridine rings is 1. The van der Waals surface area contributed by atoms with Gasteiger partial charge in [-0.15, -0.1) is 0 Å². The molecule has 3 rings (SSSR count). The Morgan fingerprint density at radius 2 is 1.86 bits per heavy atom. The van der Waals surface area contributed by atoms with E-state index in [2.05, 4.69) is 49.5 Å². The molecule has 0 atom stereocenters. The van der Waals surface area contributed by atoms with E-state index in [9.17, 15) is 0 Å². The maximum absolute atomic E-state index is 6.12. The molecule has 29 heavy (non-hydrogen) atoms. The van der Waals surface area contributed by atoms with Crippen molar-refractivity contribution in [2.75, 3.05) is 44.7 Å². The van der Waals surface area contributed by atoms with Crippen LogP contribution < -0.4 is 15.5 Å². The van der Waals surface area contributed by atoms with E-state index < -0.39 is 0 Å².